The fourth-order valence-electron chi connectivity index (χ4n) is 4.79. The van der Waals surface area contributed by atoms with Crippen LogP contribution in [0.1, 0.15) is 64.4 Å². The van der Waals surface area contributed by atoms with Crippen LogP contribution < -0.4 is 4.74 Å². The fraction of sp³-hybridized carbons (Fsp3) is 0.314. The minimum Gasteiger partial charge on any atom is -0.494 e. The van der Waals surface area contributed by atoms with Crippen molar-refractivity contribution in [3.05, 3.63) is 102 Å². The molecule has 0 atom stereocenters. The Balaban J connectivity index is 1.40. The van der Waals surface area contributed by atoms with E-state index < -0.39 is 11.6 Å². The monoisotopic (exact) mass is 512 g/mol. The molecule has 198 valence electrons. The van der Waals surface area contributed by atoms with E-state index in [1.807, 2.05) is 36.4 Å². The molecular weight excluding hydrogens is 474 g/mol. The number of hydrogen-bond acceptors (Lipinski definition) is 1. The third-order valence-electron chi connectivity index (χ3n) is 7.04. The first-order valence-electron chi connectivity index (χ1n) is 14.0. The van der Waals surface area contributed by atoms with Gasteiger partial charge in [-0.3, -0.25) is 0 Å². The minimum absolute atomic E-state index is 0.248. The second-order valence-electron chi connectivity index (χ2n) is 9.95. The van der Waals surface area contributed by atoms with Crippen molar-refractivity contribution in [2.24, 2.45) is 0 Å². The van der Waals surface area contributed by atoms with Crippen LogP contribution in [0.25, 0.3) is 33.4 Å². The topological polar surface area (TPSA) is 9.23 Å². The lowest BCUT2D eigenvalue weighted by atomic mass is 9.96. The first-order chi connectivity index (χ1) is 18.6. The summed E-state index contributed by atoms with van der Waals surface area (Å²) in [6.07, 6.45) is 9.45. The zero-order chi connectivity index (χ0) is 26.7. The van der Waals surface area contributed by atoms with E-state index in [1.54, 1.807) is 24.3 Å². The lowest BCUT2D eigenvalue weighted by Crippen LogP contribution is -1.97. The molecule has 0 amide bonds. The van der Waals surface area contributed by atoms with Gasteiger partial charge in [0, 0.05) is 11.1 Å². The van der Waals surface area contributed by atoms with E-state index in [4.69, 9.17) is 4.74 Å². The van der Waals surface area contributed by atoms with Crippen molar-refractivity contribution in [2.75, 3.05) is 6.61 Å². The molecule has 0 fully saturated rings. The number of ether oxygens (including phenoxy) is 1. The molecule has 3 heteroatoms. The Labute approximate surface area is 226 Å². The predicted octanol–water partition coefficient (Wildman–Crippen LogP) is 10.7. The number of benzene rings is 4. The second-order valence-corrected chi connectivity index (χ2v) is 9.95. The van der Waals surface area contributed by atoms with Crippen LogP contribution in [0, 0.1) is 11.6 Å². The van der Waals surface area contributed by atoms with E-state index in [0.717, 1.165) is 36.1 Å². The average Bonchev–Trinajstić information content (AvgIpc) is 2.95. The Hall–Kier alpha value is -3.46. The molecule has 0 aromatic heterocycles. The molecule has 0 saturated heterocycles. The van der Waals surface area contributed by atoms with Gasteiger partial charge in [-0.05, 0) is 52.8 Å². The maximum atomic E-state index is 15.2. The molecule has 0 unspecified atom stereocenters. The van der Waals surface area contributed by atoms with Crippen LogP contribution in [-0.2, 0) is 6.42 Å². The van der Waals surface area contributed by atoms with Crippen LogP contribution >= 0.6 is 0 Å². The van der Waals surface area contributed by atoms with Gasteiger partial charge in [0.2, 0.25) is 0 Å². The molecule has 0 radical (unpaired) electrons. The van der Waals surface area contributed by atoms with E-state index in [1.165, 1.54) is 37.7 Å². The lowest BCUT2D eigenvalue weighted by Gasteiger charge is -2.11. The van der Waals surface area contributed by atoms with E-state index >= 15 is 8.78 Å². The quantitative estimate of drug-likeness (QED) is 0.162. The Bertz CT molecular complexity index is 1280. The van der Waals surface area contributed by atoms with Crippen LogP contribution in [0.2, 0.25) is 0 Å². The Kier molecular flexibility index (Phi) is 10.1. The van der Waals surface area contributed by atoms with Crippen molar-refractivity contribution in [2.45, 2.75) is 65.2 Å². The van der Waals surface area contributed by atoms with Crippen LogP contribution in [0.4, 0.5) is 8.78 Å². The summed E-state index contributed by atoms with van der Waals surface area (Å²) in [5, 5.41) is 0. The summed E-state index contributed by atoms with van der Waals surface area (Å²) < 4.78 is 36.1. The Morgan fingerprint density at radius 2 is 0.974 bits per heavy atom. The number of hydrogen-bond donors (Lipinski definition) is 0. The molecule has 4 aromatic rings. The van der Waals surface area contributed by atoms with Crippen molar-refractivity contribution in [1.29, 1.82) is 0 Å². The maximum absolute atomic E-state index is 15.2. The normalized spacial score (nSPS) is 11.1. The third-order valence-corrected chi connectivity index (χ3v) is 7.04. The van der Waals surface area contributed by atoms with Crippen molar-refractivity contribution in [3.63, 3.8) is 0 Å². The van der Waals surface area contributed by atoms with Gasteiger partial charge >= 0.3 is 0 Å². The van der Waals surface area contributed by atoms with Crippen molar-refractivity contribution in [1.82, 2.24) is 0 Å². The molecule has 0 heterocycles. The molecule has 0 aliphatic carbocycles. The highest BCUT2D eigenvalue weighted by atomic mass is 19.2. The molecule has 4 aromatic carbocycles. The van der Waals surface area contributed by atoms with Gasteiger partial charge in [0.1, 0.15) is 5.75 Å². The van der Waals surface area contributed by atoms with Crippen LogP contribution in [0.15, 0.2) is 84.9 Å². The molecular formula is C35H38F2O. The molecule has 0 N–H and O–H groups in total. The maximum Gasteiger partial charge on any atom is 0.167 e. The van der Waals surface area contributed by atoms with Gasteiger partial charge < -0.3 is 4.74 Å². The molecule has 0 aliphatic rings. The Morgan fingerprint density at radius 3 is 1.53 bits per heavy atom. The summed E-state index contributed by atoms with van der Waals surface area (Å²) in [4.78, 5) is 0. The van der Waals surface area contributed by atoms with E-state index in [-0.39, 0.29) is 11.1 Å². The van der Waals surface area contributed by atoms with Gasteiger partial charge in [0.25, 0.3) is 0 Å². The van der Waals surface area contributed by atoms with Crippen LogP contribution in [0.5, 0.6) is 5.75 Å². The molecule has 0 saturated carbocycles. The van der Waals surface area contributed by atoms with Gasteiger partial charge in [0.05, 0.1) is 6.61 Å². The fourth-order valence-corrected chi connectivity index (χ4v) is 4.79. The van der Waals surface area contributed by atoms with Gasteiger partial charge in [-0.1, -0.05) is 125 Å². The predicted molar refractivity (Wildman–Crippen MR) is 156 cm³/mol. The minimum atomic E-state index is -0.834. The van der Waals surface area contributed by atoms with Gasteiger partial charge in [-0.2, -0.15) is 0 Å². The molecule has 4 rings (SSSR count). The Morgan fingerprint density at radius 1 is 0.500 bits per heavy atom. The molecule has 0 aliphatic heterocycles. The van der Waals surface area contributed by atoms with Crippen molar-refractivity contribution in [3.8, 4) is 39.1 Å². The number of halogens is 2. The standard InChI is InChI=1S/C35H38F2O/c1-3-5-6-7-8-9-25-38-31-21-19-30(20-22-31)33-24-23-32(34(36)35(33)37)29-17-15-28(16-18-29)27-13-11-26(10-4-2)12-14-27/h11-24H,3-10,25H2,1-2H3. The van der Waals surface area contributed by atoms with Crippen molar-refractivity contribution < 1.29 is 13.5 Å². The summed E-state index contributed by atoms with van der Waals surface area (Å²) >= 11 is 0. The van der Waals surface area contributed by atoms with Crippen LogP contribution in [-0.4, -0.2) is 6.61 Å². The average molecular weight is 513 g/mol. The highest BCUT2D eigenvalue weighted by Crippen LogP contribution is 2.33. The molecule has 0 spiro atoms. The number of unbranched alkanes of at least 4 members (excludes halogenated alkanes) is 5. The van der Waals surface area contributed by atoms with Crippen molar-refractivity contribution >= 4 is 0 Å². The molecule has 0 bridgehead atoms. The summed E-state index contributed by atoms with van der Waals surface area (Å²) in [7, 11) is 0. The van der Waals surface area contributed by atoms with Gasteiger partial charge in [0.15, 0.2) is 11.6 Å². The van der Waals surface area contributed by atoms with E-state index in [2.05, 4.69) is 38.1 Å². The summed E-state index contributed by atoms with van der Waals surface area (Å²) in [6, 6.07) is 26.7. The SMILES string of the molecule is CCCCCCCCOc1ccc(-c2ccc(-c3ccc(-c4ccc(CCC)cc4)cc3)c(F)c2F)cc1. The molecule has 38 heavy (non-hydrogen) atoms. The first kappa shape index (κ1) is 27.6. The molecule has 1 nitrogen and oxygen atoms in total. The summed E-state index contributed by atoms with van der Waals surface area (Å²) in [5.41, 5.74) is 5.26. The zero-order valence-corrected chi connectivity index (χ0v) is 22.6. The van der Waals surface area contributed by atoms with Crippen LogP contribution in [0.3, 0.4) is 0 Å². The van der Waals surface area contributed by atoms with Gasteiger partial charge in [-0.15, -0.1) is 0 Å². The van der Waals surface area contributed by atoms with Gasteiger partial charge in [-0.25, -0.2) is 8.78 Å². The van der Waals surface area contributed by atoms with E-state index in [0.29, 0.717) is 17.7 Å². The number of rotatable bonds is 13. The van der Waals surface area contributed by atoms with E-state index in [9.17, 15) is 0 Å². The zero-order valence-electron chi connectivity index (χ0n) is 22.6. The number of aryl methyl sites for hydroxylation is 1. The highest BCUT2D eigenvalue weighted by molar-refractivity contribution is 5.74. The lowest BCUT2D eigenvalue weighted by molar-refractivity contribution is 0.304. The third kappa shape index (κ3) is 7.10. The summed E-state index contributed by atoms with van der Waals surface area (Å²) in [5.74, 6) is -0.915. The highest BCUT2D eigenvalue weighted by Gasteiger charge is 2.16. The largest absolute Gasteiger partial charge is 0.494 e. The smallest absolute Gasteiger partial charge is 0.167 e. The second kappa shape index (κ2) is 13.9. The summed E-state index contributed by atoms with van der Waals surface area (Å²) in [6.45, 7) is 5.06. The first-order valence-corrected chi connectivity index (χ1v) is 14.0.